The van der Waals surface area contributed by atoms with Gasteiger partial charge in [-0.2, -0.15) is 0 Å². The Balaban J connectivity index is 1.60. The van der Waals surface area contributed by atoms with Gasteiger partial charge in [0.15, 0.2) is 5.65 Å². The van der Waals surface area contributed by atoms with Gasteiger partial charge in [-0.1, -0.05) is 0 Å². The van der Waals surface area contributed by atoms with Crippen LogP contribution in [0.25, 0.3) is 11.2 Å². The van der Waals surface area contributed by atoms with Gasteiger partial charge >= 0.3 is 0 Å². The molecule has 0 bridgehead atoms. The van der Waals surface area contributed by atoms with E-state index in [-0.39, 0.29) is 18.0 Å². The Morgan fingerprint density at radius 2 is 1.93 bits per heavy atom. The summed E-state index contributed by atoms with van der Waals surface area (Å²) in [6, 6.07) is 8.44. The van der Waals surface area contributed by atoms with Gasteiger partial charge < -0.3 is 15.3 Å². The molecule has 0 saturated carbocycles. The highest BCUT2D eigenvalue weighted by Crippen LogP contribution is 2.31. The molecule has 27 heavy (non-hydrogen) atoms. The second kappa shape index (κ2) is 7.44. The molecule has 0 amide bonds. The molecule has 140 valence electrons. The van der Waals surface area contributed by atoms with Crippen molar-refractivity contribution in [3.05, 3.63) is 54.1 Å². The predicted octanol–water partition coefficient (Wildman–Crippen LogP) is 3.30. The van der Waals surface area contributed by atoms with Gasteiger partial charge in [0, 0.05) is 36.7 Å². The van der Waals surface area contributed by atoms with Crippen LogP contribution in [-0.2, 0) is 0 Å². The van der Waals surface area contributed by atoms with E-state index in [4.69, 9.17) is 0 Å². The van der Waals surface area contributed by atoms with Gasteiger partial charge in [-0.05, 0) is 50.1 Å². The third-order valence-corrected chi connectivity index (χ3v) is 4.96. The van der Waals surface area contributed by atoms with E-state index in [0.29, 0.717) is 11.5 Å². The average Bonchev–Trinajstić information content (AvgIpc) is 2.68. The van der Waals surface area contributed by atoms with E-state index in [9.17, 15) is 9.50 Å². The molecule has 4 rings (SSSR count). The summed E-state index contributed by atoms with van der Waals surface area (Å²) < 4.78 is 14.0. The molecule has 1 saturated heterocycles. The third-order valence-electron chi connectivity index (χ3n) is 4.96. The maximum absolute atomic E-state index is 14.0. The number of aliphatic hydroxyl groups excluding tert-OH is 1. The smallest absolute Gasteiger partial charge is 0.180 e. The Kier molecular flexibility index (Phi) is 4.85. The lowest BCUT2D eigenvalue weighted by molar-refractivity contribution is 0.145. The van der Waals surface area contributed by atoms with Gasteiger partial charge in [0.1, 0.15) is 17.2 Å². The van der Waals surface area contributed by atoms with Gasteiger partial charge in [-0.15, -0.1) is 0 Å². The van der Waals surface area contributed by atoms with Crippen molar-refractivity contribution < 1.29 is 9.50 Å². The minimum atomic E-state index is -0.267. The van der Waals surface area contributed by atoms with Gasteiger partial charge in [-0.3, -0.25) is 4.98 Å². The third kappa shape index (κ3) is 3.83. The van der Waals surface area contributed by atoms with Crippen LogP contribution in [0, 0.1) is 5.82 Å². The zero-order valence-electron chi connectivity index (χ0n) is 15.1. The first-order valence-electron chi connectivity index (χ1n) is 9.17. The summed E-state index contributed by atoms with van der Waals surface area (Å²) >= 11 is 0. The molecule has 0 radical (unpaired) electrons. The maximum atomic E-state index is 14.0. The van der Waals surface area contributed by atoms with Crippen molar-refractivity contribution >= 4 is 22.7 Å². The number of benzene rings is 1. The fourth-order valence-corrected chi connectivity index (χ4v) is 3.50. The fraction of sp³-hybridized carbons (Fsp3) is 0.350. The van der Waals surface area contributed by atoms with Gasteiger partial charge in [0.25, 0.3) is 0 Å². The normalized spacial score (nSPS) is 16.5. The van der Waals surface area contributed by atoms with Gasteiger partial charge in [0.05, 0.1) is 12.1 Å². The quantitative estimate of drug-likeness (QED) is 0.737. The zero-order chi connectivity index (χ0) is 18.8. The van der Waals surface area contributed by atoms with Gasteiger partial charge in [-0.25, -0.2) is 14.4 Å². The number of hydrogen-bond donors (Lipinski definition) is 2. The highest BCUT2D eigenvalue weighted by Gasteiger charge is 2.22. The van der Waals surface area contributed by atoms with Crippen molar-refractivity contribution in [2.45, 2.75) is 31.9 Å². The number of hydrogen-bond acceptors (Lipinski definition) is 6. The van der Waals surface area contributed by atoms with Gasteiger partial charge in [0.2, 0.25) is 0 Å². The molecule has 1 unspecified atom stereocenters. The number of anilines is 2. The monoisotopic (exact) mass is 367 g/mol. The molecular weight excluding hydrogens is 345 g/mol. The van der Waals surface area contributed by atoms with Crippen LogP contribution in [0.3, 0.4) is 0 Å². The van der Waals surface area contributed by atoms with Crippen LogP contribution in [0.2, 0.25) is 0 Å². The first-order chi connectivity index (χ1) is 13.1. The van der Waals surface area contributed by atoms with E-state index in [1.165, 1.54) is 6.07 Å². The molecule has 2 aromatic heterocycles. The van der Waals surface area contributed by atoms with Crippen molar-refractivity contribution in [3.63, 3.8) is 0 Å². The Hall–Kier alpha value is -2.80. The summed E-state index contributed by atoms with van der Waals surface area (Å²) in [5.74, 6) is 0.400. The Labute approximate surface area is 157 Å². The molecular formula is C20H22FN5O. The molecule has 6 nitrogen and oxygen atoms in total. The van der Waals surface area contributed by atoms with E-state index < -0.39 is 0 Å². The number of nitrogens with zero attached hydrogens (tertiary/aromatic N) is 4. The minimum Gasteiger partial charge on any atom is -0.393 e. The van der Waals surface area contributed by atoms with Crippen LogP contribution in [-0.4, -0.2) is 39.3 Å². The minimum absolute atomic E-state index is 0.149. The molecule has 3 heterocycles. The molecule has 1 aliphatic rings. The summed E-state index contributed by atoms with van der Waals surface area (Å²) in [7, 11) is 0. The Morgan fingerprint density at radius 1 is 1.15 bits per heavy atom. The number of fused-ring (bicyclic) bond motifs is 1. The summed E-state index contributed by atoms with van der Waals surface area (Å²) in [5.41, 5.74) is 3.16. The van der Waals surface area contributed by atoms with E-state index in [1.807, 2.05) is 25.1 Å². The second-order valence-corrected chi connectivity index (χ2v) is 6.88. The van der Waals surface area contributed by atoms with Crippen molar-refractivity contribution in [3.8, 4) is 0 Å². The highest BCUT2D eigenvalue weighted by molar-refractivity contribution is 5.71. The molecule has 7 heteroatoms. The van der Waals surface area contributed by atoms with Crippen molar-refractivity contribution in [2.24, 2.45) is 0 Å². The van der Waals surface area contributed by atoms with E-state index in [2.05, 4.69) is 25.2 Å². The molecule has 3 aromatic rings. The lowest BCUT2D eigenvalue weighted by atomic mass is 10.0. The SMILES string of the molecule is CC(Nc1ccc2nccnc2n1)c1cc(F)ccc1N1CCC(O)CC1. The molecule has 1 aliphatic heterocycles. The fourth-order valence-electron chi connectivity index (χ4n) is 3.50. The number of aromatic nitrogens is 3. The molecule has 1 aromatic carbocycles. The standard InChI is InChI=1S/C20H22FN5O/c1-13(24-19-5-3-17-20(25-19)23-9-8-22-17)16-12-14(21)2-4-18(16)26-10-6-15(27)7-11-26/h2-5,8-9,12-13,15,27H,6-7,10-11H2,1H3,(H,23,24,25). The highest BCUT2D eigenvalue weighted by atomic mass is 19.1. The number of nitrogens with one attached hydrogen (secondary N) is 1. The summed E-state index contributed by atoms with van der Waals surface area (Å²) in [6.07, 6.45) is 4.45. The van der Waals surface area contributed by atoms with Crippen molar-refractivity contribution in [1.82, 2.24) is 15.0 Å². The van der Waals surface area contributed by atoms with Crippen LogP contribution in [0.1, 0.15) is 31.4 Å². The summed E-state index contributed by atoms with van der Waals surface area (Å²) in [4.78, 5) is 15.1. The van der Waals surface area contributed by atoms with Crippen LogP contribution < -0.4 is 10.2 Å². The second-order valence-electron chi connectivity index (χ2n) is 6.88. The van der Waals surface area contributed by atoms with Crippen LogP contribution in [0.15, 0.2) is 42.7 Å². The molecule has 1 atom stereocenters. The lowest BCUT2D eigenvalue weighted by Gasteiger charge is -2.34. The Bertz CT molecular complexity index is 943. The zero-order valence-corrected chi connectivity index (χ0v) is 15.1. The first kappa shape index (κ1) is 17.6. The molecule has 1 fully saturated rings. The van der Waals surface area contributed by atoms with E-state index in [1.54, 1.807) is 18.5 Å². The number of pyridine rings is 1. The van der Waals surface area contributed by atoms with Crippen LogP contribution in [0.5, 0.6) is 0 Å². The topological polar surface area (TPSA) is 74.2 Å². The van der Waals surface area contributed by atoms with Crippen LogP contribution in [0.4, 0.5) is 15.9 Å². The van der Waals surface area contributed by atoms with Crippen molar-refractivity contribution in [2.75, 3.05) is 23.3 Å². The van der Waals surface area contributed by atoms with E-state index >= 15 is 0 Å². The summed E-state index contributed by atoms with van der Waals surface area (Å²) in [6.45, 7) is 3.51. The summed E-state index contributed by atoms with van der Waals surface area (Å²) in [5, 5.41) is 13.1. The largest absolute Gasteiger partial charge is 0.393 e. The predicted molar refractivity (Wildman–Crippen MR) is 103 cm³/mol. The lowest BCUT2D eigenvalue weighted by Crippen LogP contribution is -2.36. The Morgan fingerprint density at radius 3 is 2.74 bits per heavy atom. The number of halogens is 1. The molecule has 0 spiro atoms. The number of aliphatic hydroxyl groups is 1. The van der Waals surface area contributed by atoms with Crippen molar-refractivity contribution in [1.29, 1.82) is 0 Å². The van der Waals surface area contributed by atoms with E-state index in [0.717, 1.165) is 42.7 Å². The van der Waals surface area contributed by atoms with Crippen LogP contribution >= 0.6 is 0 Å². The number of piperidine rings is 1. The first-order valence-corrected chi connectivity index (χ1v) is 9.17. The maximum Gasteiger partial charge on any atom is 0.180 e. The molecule has 0 aliphatic carbocycles. The average molecular weight is 367 g/mol. The number of rotatable bonds is 4. The molecule has 2 N–H and O–H groups in total.